The molecule has 0 aliphatic carbocycles. The minimum absolute atomic E-state index is 0.492. The van der Waals surface area contributed by atoms with Crippen molar-refractivity contribution >= 4 is 37.7 Å². The highest BCUT2D eigenvalue weighted by atomic mass is 79.9. The SMILES string of the molecule is Cc1cc(-c2nc(N)c(Br)c(CC(C)C)n2)ccc1Br. The molecule has 1 aromatic carbocycles. The van der Waals surface area contributed by atoms with Crippen LogP contribution in [0.2, 0.25) is 0 Å². The lowest BCUT2D eigenvalue weighted by Gasteiger charge is -2.11. The van der Waals surface area contributed by atoms with Crippen LogP contribution in [-0.2, 0) is 6.42 Å². The number of benzene rings is 1. The van der Waals surface area contributed by atoms with E-state index in [1.165, 1.54) is 0 Å². The van der Waals surface area contributed by atoms with Crippen LogP contribution in [0.3, 0.4) is 0 Å². The van der Waals surface area contributed by atoms with Crippen molar-refractivity contribution in [3.8, 4) is 11.4 Å². The van der Waals surface area contributed by atoms with Gasteiger partial charge in [-0.15, -0.1) is 0 Å². The summed E-state index contributed by atoms with van der Waals surface area (Å²) in [7, 11) is 0. The Morgan fingerprint density at radius 2 is 1.90 bits per heavy atom. The first-order chi connectivity index (χ1) is 9.38. The monoisotopic (exact) mass is 397 g/mol. The van der Waals surface area contributed by atoms with Crippen LogP contribution < -0.4 is 5.73 Å². The zero-order valence-corrected chi connectivity index (χ0v) is 14.9. The smallest absolute Gasteiger partial charge is 0.161 e. The largest absolute Gasteiger partial charge is 0.383 e. The minimum atomic E-state index is 0.492. The van der Waals surface area contributed by atoms with Crippen molar-refractivity contribution in [2.75, 3.05) is 5.73 Å². The number of nitrogens with zero attached hydrogens (tertiary/aromatic N) is 2. The van der Waals surface area contributed by atoms with E-state index in [9.17, 15) is 0 Å². The van der Waals surface area contributed by atoms with Gasteiger partial charge in [0.05, 0.1) is 10.2 Å². The number of rotatable bonds is 3. The number of hydrogen-bond donors (Lipinski definition) is 1. The fourth-order valence-corrected chi connectivity index (χ4v) is 2.53. The van der Waals surface area contributed by atoms with E-state index < -0.39 is 0 Å². The molecule has 2 N–H and O–H groups in total. The first kappa shape index (κ1) is 15.4. The number of nitrogens with two attached hydrogens (primary N) is 1. The Balaban J connectivity index is 2.51. The number of anilines is 1. The number of aryl methyl sites for hydroxylation is 1. The van der Waals surface area contributed by atoms with Gasteiger partial charge < -0.3 is 5.73 Å². The highest BCUT2D eigenvalue weighted by Crippen LogP contribution is 2.28. The van der Waals surface area contributed by atoms with Crippen LogP contribution in [-0.4, -0.2) is 9.97 Å². The summed E-state index contributed by atoms with van der Waals surface area (Å²) in [5.41, 5.74) is 9.09. The summed E-state index contributed by atoms with van der Waals surface area (Å²) in [6.07, 6.45) is 0.871. The van der Waals surface area contributed by atoms with Gasteiger partial charge in [0, 0.05) is 10.0 Å². The molecule has 1 aromatic heterocycles. The number of hydrogen-bond acceptors (Lipinski definition) is 3. The molecule has 1 heterocycles. The average Bonchev–Trinajstić information content (AvgIpc) is 2.37. The Kier molecular flexibility index (Phi) is 4.81. The summed E-state index contributed by atoms with van der Waals surface area (Å²) in [6, 6.07) is 6.07. The van der Waals surface area contributed by atoms with E-state index in [0.717, 1.165) is 32.2 Å². The molecule has 0 unspecified atom stereocenters. The van der Waals surface area contributed by atoms with Gasteiger partial charge >= 0.3 is 0 Å². The summed E-state index contributed by atoms with van der Waals surface area (Å²) in [5.74, 6) is 1.68. The Morgan fingerprint density at radius 1 is 1.20 bits per heavy atom. The van der Waals surface area contributed by atoms with Gasteiger partial charge in [0.2, 0.25) is 0 Å². The highest BCUT2D eigenvalue weighted by Gasteiger charge is 2.13. The van der Waals surface area contributed by atoms with E-state index >= 15 is 0 Å². The molecule has 106 valence electrons. The van der Waals surface area contributed by atoms with Crippen LogP contribution >= 0.6 is 31.9 Å². The fraction of sp³-hybridized carbons (Fsp3) is 0.333. The van der Waals surface area contributed by atoms with Gasteiger partial charge in [0.15, 0.2) is 5.82 Å². The van der Waals surface area contributed by atoms with Crippen molar-refractivity contribution in [1.29, 1.82) is 0 Å². The Morgan fingerprint density at radius 3 is 2.50 bits per heavy atom. The molecule has 0 bridgehead atoms. The summed E-state index contributed by atoms with van der Waals surface area (Å²) in [4.78, 5) is 9.05. The molecule has 2 aromatic rings. The zero-order chi connectivity index (χ0) is 14.9. The molecule has 0 amide bonds. The van der Waals surface area contributed by atoms with Gasteiger partial charge in [0.25, 0.3) is 0 Å². The molecule has 0 fully saturated rings. The van der Waals surface area contributed by atoms with Gasteiger partial charge in [-0.2, -0.15) is 0 Å². The molecule has 0 saturated carbocycles. The van der Waals surface area contributed by atoms with E-state index in [4.69, 9.17) is 5.73 Å². The molecule has 2 rings (SSSR count). The molecule has 0 saturated heterocycles. The van der Waals surface area contributed by atoms with Crippen LogP contribution in [0.4, 0.5) is 5.82 Å². The maximum atomic E-state index is 6.00. The van der Waals surface area contributed by atoms with Crippen molar-refractivity contribution in [3.05, 3.63) is 38.4 Å². The molecule has 0 atom stereocenters. The van der Waals surface area contributed by atoms with Crippen molar-refractivity contribution in [2.24, 2.45) is 5.92 Å². The molecule has 0 aliphatic heterocycles. The summed E-state index contributed by atoms with van der Waals surface area (Å²) >= 11 is 6.99. The molecule has 3 nitrogen and oxygen atoms in total. The normalized spacial score (nSPS) is 11.1. The fourth-order valence-electron chi connectivity index (χ4n) is 1.95. The van der Waals surface area contributed by atoms with Crippen LogP contribution in [0.25, 0.3) is 11.4 Å². The first-order valence-electron chi connectivity index (χ1n) is 6.47. The minimum Gasteiger partial charge on any atom is -0.383 e. The molecular formula is C15H17Br2N3. The standard InChI is InChI=1S/C15H17Br2N3/c1-8(2)6-12-13(17)14(18)20-15(19-12)10-4-5-11(16)9(3)7-10/h4-5,7-8H,6H2,1-3H3,(H2,18,19,20). The number of aromatic nitrogens is 2. The van der Waals surface area contributed by atoms with Gasteiger partial charge in [-0.1, -0.05) is 35.8 Å². The van der Waals surface area contributed by atoms with Crippen molar-refractivity contribution in [1.82, 2.24) is 9.97 Å². The van der Waals surface area contributed by atoms with Crippen molar-refractivity contribution < 1.29 is 0 Å². The lowest BCUT2D eigenvalue weighted by atomic mass is 10.1. The predicted octanol–water partition coefficient (Wildman–Crippen LogP) is 4.76. The summed E-state index contributed by atoms with van der Waals surface area (Å²) in [6.45, 7) is 6.37. The number of nitrogen functional groups attached to an aromatic ring is 1. The third-order valence-corrected chi connectivity index (χ3v) is 4.72. The molecular weight excluding hydrogens is 382 g/mol. The molecule has 20 heavy (non-hydrogen) atoms. The second-order valence-electron chi connectivity index (χ2n) is 5.26. The third kappa shape index (κ3) is 3.38. The first-order valence-corrected chi connectivity index (χ1v) is 8.05. The summed E-state index contributed by atoms with van der Waals surface area (Å²) < 4.78 is 1.89. The Bertz CT molecular complexity index is 639. The van der Waals surface area contributed by atoms with E-state index in [1.54, 1.807) is 0 Å². The highest BCUT2D eigenvalue weighted by molar-refractivity contribution is 9.11. The second-order valence-corrected chi connectivity index (χ2v) is 6.90. The van der Waals surface area contributed by atoms with Crippen LogP contribution in [0.1, 0.15) is 25.1 Å². The van der Waals surface area contributed by atoms with Crippen LogP contribution in [0, 0.1) is 12.8 Å². The lowest BCUT2D eigenvalue weighted by molar-refractivity contribution is 0.633. The van der Waals surface area contributed by atoms with Crippen LogP contribution in [0.15, 0.2) is 27.1 Å². The topological polar surface area (TPSA) is 51.8 Å². The number of halogens is 2. The van der Waals surface area contributed by atoms with Gasteiger partial charge in [-0.05, 0) is 52.9 Å². The molecule has 5 heteroatoms. The predicted molar refractivity (Wildman–Crippen MR) is 90.6 cm³/mol. The van der Waals surface area contributed by atoms with Crippen molar-refractivity contribution in [2.45, 2.75) is 27.2 Å². The molecule has 0 aliphatic rings. The third-order valence-electron chi connectivity index (χ3n) is 2.96. The van der Waals surface area contributed by atoms with E-state index in [1.807, 2.05) is 19.1 Å². The van der Waals surface area contributed by atoms with Gasteiger partial charge in [-0.3, -0.25) is 0 Å². The zero-order valence-electron chi connectivity index (χ0n) is 11.7. The van der Waals surface area contributed by atoms with Crippen molar-refractivity contribution in [3.63, 3.8) is 0 Å². The van der Waals surface area contributed by atoms with Crippen LogP contribution in [0.5, 0.6) is 0 Å². The van der Waals surface area contributed by atoms with E-state index in [2.05, 4.69) is 61.7 Å². The second kappa shape index (κ2) is 6.22. The van der Waals surface area contributed by atoms with E-state index in [-0.39, 0.29) is 0 Å². The molecule has 0 spiro atoms. The lowest BCUT2D eigenvalue weighted by Crippen LogP contribution is -2.05. The summed E-state index contributed by atoms with van der Waals surface area (Å²) in [5, 5.41) is 0. The quantitative estimate of drug-likeness (QED) is 0.810. The van der Waals surface area contributed by atoms with Gasteiger partial charge in [0.1, 0.15) is 5.82 Å². The average molecular weight is 399 g/mol. The van der Waals surface area contributed by atoms with Gasteiger partial charge in [-0.25, -0.2) is 9.97 Å². The Hall–Kier alpha value is -0.940. The molecule has 0 radical (unpaired) electrons. The van der Waals surface area contributed by atoms with E-state index in [0.29, 0.717) is 17.6 Å². The maximum Gasteiger partial charge on any atom is 0.161 e. The Labute approximate surface area is 136 Å². The maximum absolute atomic E-state index is 6.00.